The molecule has 1 aromatic heterocycles. The van der Waals surface area contributed by atoms with Crippen LogP contribution >= 0.6 is 0 Å². The molecule has 0 aromatic carbocycles. The molecule has 100 valence electrons. The van der Waals surface area contributed by atoms with Gasteiger partial charge in [-0.25, -0.2) is 4.98 Å². The number of imidazole rings is 1. The lowest BCUT2D eigenvalue weighted by Crippen LogP contribution is -2.41. The minimum absolute atomic E-state index is 0.0845. The van der Waals surface area contributed by atoms with Crippen molar-refractivity contribution in [1.29, 1.82) is 0 Å². The molecule has 1 aliphatic heterocycles. The van der Waals surface area contributed by atoms with Crippen molar-refractivity contribution in [2.75, 3.05) is 6.54 Å². The summed E-state index contributed by atoms with van der Waals surface area (Å²) in [5.74, 6) is -0.0845. The van der Waals surface area contributed by atoms with E-state index in [0.717, 1.165) is 11.4 Å². The zero-order valence-electron chi connectivity index (χ0n) is 11.2. The second-order valence-corrected chi connectivity index (χ2v) is 5.03. The highest BCUT2D eigenvalue weighted by molar-refractivity contribution is 5.84. The third-order valence-corrected chi connectivity index (χ3v) is 3.17. The number of nitrogens with one attached hydrogen (secondary N) is 3. The van der Waals surface area contributed by atoms with Crippen LogP contribution in [0.25, 0.3) is 6.08 Å². The number of piperazine rings is 1. The number of aromatic amines is 1. The van der Waals surface area contributed by atoms with Crippen LogP contribution in [0.5, 0.6) is 0 Å². The Morgan fingerprint density at radius 1 is 1.47 bits per heavy atom. The van der Waals surface area contributed by atoms with Crippen molar-refractivity contribution in [3.05, 3.63) is 48.3 Å². The van der Waals surface area contributed by atoms with Crippen LogP contribution in [0.3, 0.4) is 0 Å². The summed E-state index contributed by atoms with van der Waals surface area (Å²) in [5, 5.41) is 5.72. The van der Waals surface area contributed by atoms with E-state index in [1.54, 1.807) is 6.33 Å². The van der Waals surface area contributed by atoms with Gasteiger partial charge in [0, 0.05) is 5.41 Å². The molecule has 1 fully saturated rings. The largest absolute Gasteiger partial charge is 0.375 e. The van der Waals surface area contributed by atoms with E-state index in [9.17, 15) is 4.79 Å². The van der Waals surface area contributed by atoms with Crippen molar-refractivity contribution in [1.82, 2.24) is 20.6 Å². The van der Waals surface area contributed by atoms with Crippen molar-refractivity contribution in [2.24, 2.45) is 0 Å². The standard InChI is InChI=1S/C14H18N4O/c1-5-14(3,4)13-11(16-8-17-13)6-10-9(2)15-7-12(19)18-10/h5-6,8,15H,1-2,7H2,3-4H3,(H,16,17)(H,18,19)/b10-6-. The summed E-state index contributed by atoms with van der Waals surface area (Å²) in [5.41, 5.74) is 2.82. The zero-order valence-corrected chi connectivity index (χ0v) is 11.2. The Bertz CT molecular complexity index is 566. The third kappa shape index (κ3) is 2.59. The molecule has 5 nitrogen and oxygen atoms in total. The van der Waals surface area contributed by atoms with E-state index < -0.39 is 0 Å². The van der Waals surface area contributed by atoms with Crippen LogP contribution in [0, 0.1) is 0 Å². The topological polar surface area (TPSA) is 69.8 Å². The van der Waals surface area contributed by atoms with Crippen LogP contribution in [0.1, 0.15) is 25.2 Å². The zero-order chi connectivity index (χ0) is 14.0. The highest BCUT2D eigenvalue weighted by Gasteiger charge is 2.23. The number of hydrogen-bond acceptors (Lipinski definition) is 3. The molecule has 1 aliphatic rings. The Morgan fingerprint density at radius 2 is 2.21 bits per heavy atom. The molecule has 19 heavy (non-hydrogen) atoms. The molecule has 2 rings (SSSR count). The summed E-state index contributed by atoms with van der Waals surface area (Å²) in [7, 11) is 0. The van der Waals surface area contributed by atoms with Gasteiger partial charge < -0.3 is 15.6 Å². The van der Waals surface area contributed by atoms with Crippen LogP contribution in [-0.2, 0) is 10.2 Å². The SMILES string of the molecule is C=CC(C)(C)c1[nH]cnc1/C=C1\NC(=O)CNC1=C. The number of allylic oxidation sites excluding steroid dienone is 1. The number of carbonyl (C=O) groups is 1. The monoisotopic (exact) mass is 258 g/mol. The molecule has 5 heteroatoms. The molecule has 3 N–H and O–H groups in total. The molecule has 0 aliphatic carbocycles. The molecule has 2 heterocycles. The Hall–Kier alpha value is -2.30. The molecule has 1 saturated heterocycles. The van der Waals surface area contributed by atoms with E-state index in [2.05, 4.69) is 33.8 Å². The smallest absolute Gasteiger partial charge is 0.243 e. The van der Waals surface area contributed by atoms with Crippen LogP contribution in [0.15, 0.2) is 37.0 Å². The lowest BCUT2D eigenvalue weighted by molar-refractivity contribution is -0.119. The fraction of sp³-hybridized carbons (Fsp3) is 0.286. The first-order chi connectivity index (χ1) is 8.94. The normalized spacial score (nSPS) is 18.1. The van der Waals surface area contributed by atoms with Gasteiger partial charge in [-0.2, -0.15) is 0 Å². The maximum Gasteiger partial charge on any atom is 0.243 e. The van der Waals surface area contributed by atoms with Crippen molar-refractivity contribution in [3.63, 3.8) is 0 Å². The minimum atomic E-state index is -0.226. The van der Waals surface area contributed by atoms with Crippen molar-refractivity contribution < 1.29 is 4.79 Å². The molecule has 1 aromatic rings. The molecule has 0 saturated carbocycles. The maximum absolute atomic E-state index is 11.4. The average Bonchev–Trinajstić information content (AvgIpc) is 2.83. The first-order valence-electron chi connectivity index (χ1n) is 6.06. The Labute approximate surface area is 112 Å². The molecule has 0 unspecified atom stereocenters. The van der Waals surface area contributed by atoms with Crippen molar-refractivity contribution >= 4 is 12.0 Å². The Kier molecular flexibility index (Phi) is 3.29. The lowest BCUT2D eigenvalue weighted by Gasteiger charge is -2.22. The average molecular weight is 258 g/mol. The van der Waals surface area contributed by atoms with Gasteiger partial charge in [0.1, 0.15) is 0 Å². The number of rotatable bonds is 3. The highest BCUT2D eigenvalue weighted by atomic mass is 16.2. The molecule has 0 bridgehead atoms. The predicted molar refractivity (Wildman–Crippen MR) is 75.1 cm³/mol. The van der Waals surface area contributed by atoms with E-state index in [4.69, 9.17) is 0 Å². The van der Waals surface area contributed by atoms with E-state index in [1.807, 2.05) is 26.0 Å². The van der Waals surface area contributed by atoms with Crippen molar-refractivity contribution in [3.8, 4) is 0 Å². The van der Waals surface area contributed by atoms with E-state index in [1.165, 1.54) is 0 Å². The predicted octanol–water partition coefficient (Wildman–Crippen LogP) is 1.45. The van der Waals surface area contributed by atoms with Gasteiger partial charge in [0.2, 0.25) is 5.91 Å². The summed E-state index contributed by atoms with van der Waals surface area (Å²) in [6.45, 7) is 12.0. The summed E-state index contributed by atoms with van der Waals surface area (Å²) in [4.78, 5) is 18.8. The summed E-state index contributed by atoms with van der Waals surface area (Å²) >= 11 is 0. The Balaban J connectivity index is 2.38. The molecule has 0 spiro atoms. The van der Waals surface area contributed by atoms with Crippen LogP contribution < -0.4 is 10.6 Å². The highest BCUT2D eigenvalue weighted by Crippen LogP contribution is 2.26. The minimum Gasteiger partial charge on any atom is -0.375 e. The summed E-state index contributed by atoms with van der Waals surface area (Å²) in [6, 6.07) is 0. The van der Waals surface area contributed by atoms with Crippen LogP contribution in [0.4, 0.5) is 0 Å². The van der Waals surface area contributed by atoms with Gasteiger partial charge in [0.05, 0.1) is 35.7 Å². The van der Waals surface area contributed by atoms with E-state index in [0.29, 0.717) is 11.4 Å². The van der Waals surface area contributed by atoms with E-state index in [-0.39, 0.29) is 17.9 Å². The van der Waals surface area contributed by atoms with Gasteiger partial charge in [-0.1, -0.05) is 26.5 Å². The van der Waals surface area contributed by atoms with Gasteiger partial charge >= 0.3 is 0 Å². The molecule has 0 radical (unpaired) electrons. The molecular weight excluding hydrogens is 240 g/mol. The summed E-state index contributed by atoms with van der Waals surface area (Å²) in [6.07, 6.45) is 5.30. The second kappa shape index (κ2) is 4.76. The molecule has 1 amide bonds. The molecular formula is C14H18N4O. The number of carbonyl (C=O) groups excluding carboxylic acids is 1. The quantitative estimate of drug-likeness (QED) is 0.719. The molecule has 0 atom stereocenters. The summed E-state index contributed by atoms with van der Waals surface area (Å²) < 4.78 is 0. The first kappa shape index (κ1) is 13.1. The Morgan fingerprint density at radius 3 is 2.89 bits per heavy atom. The third-order valence-electron chi connectivity index (χ3n) is 3.17. The number of amides is 1. The number of H-pyrrole nitrogens is 1. The number of aromatic nitrogens is 2. The number of nitrogens with zero attached hydrogens (tertiary/aromatic N) is 1. The van der Waals surface area contributed by atoms with Gasteiger partial charge in [0.15, 0.2) is 0 Å². The van der Waals surface area contributed by atoms with Crippen molar-refractivity contribution in [2.45, 2.75) is 19.3 Å². The fourth-order valence-corrected chi connectivity index (χ4v) is 1.84. The van der Waals surface area contributed by atoms with E-state index >= 15 is 0 Å². The fourth-order valence-electron chi connectivity index (χ4n) is 1.84. The van der Waals surface area contributed by atoms with Crippen LogP contribution in [0.2, 0.25) is 0 Å². The van der Waals surface area contributed by atoms with Gasteiger partial charge in [-0.05, 0) is 6.08 Å². The second-order valence-electron chi connectivity index (χ2n) is 5.03. The first-order valence-corrected chi connectivity index (χ1v) is 6.06. The van der Waals surface area contributed by atoms with Crippen LogP contribution in [-0.4, -0.2) is 22.4 Å². The van der Waals surface area contributed by atoms with Gasteiger partial charge in [-0.15, -0.1) is 6.58 Å². The van der Waals surface area contributed by atoms with Gasteiger partial charge in [-0.3, -0.25) is 4.79 Å². The number of hydrogen-bond donors (Lipinski definition) is 3. The lowest BCUT2D eigenvalue weighted by atomic mass is 9.88. The van der Waals surface area contributed by atoms with Gasteiger partial charge in [0.25, 0.3) is 0 Å². The maximum atomic E-state index is 11.4.